The second-order valence-corrected chi connectivity index (χ2v) is 4.39. The van der Waals surface area contributed by atoms with Crippen molar-refractivity contribution in [3.05, 3.63) is 24.3 Å². The van der Waals surface area contributed by atoms with Crippen LogP contribution in [0.5, 0.6) is 5.75 Å². The molecule has 0 saturated heterocycles. The number of carbonyl (C=O) groups is 1. The third-order valence-corrected chi connectivity index (χ3v) is 3.17. The van der Waals surface area contributed by atoms with Gasteiger partial charge in [0.1, 0.15) is 5.75 Å². The summed E-state index contributed by atoms with van der Waals surface area (Å²) < 4.78 is 10.8. The average molecular weight is 264 g/mol. The predicted octanol–water partition coefficient (Wildman–Crippen LogP) is 1.35. The Morgan fingerprint density at radius 1 is 1.53 bits per heavy atom. The summed E-state index contributed by atoms with van der Waals surface area (Å²) in [6, 6.07) is 7.65. The molecule has 5 heteroatoms. The summed E-state index contributed by atoms with van der Waals surface area (Å²) >= 11 is 0. The molecular weight excluding hydrogens is 244 g/mol. The van der Waals surface area contributed by atoms with Gasteiger partial charge in [-0.25, -0.2) is 0 Å². The standard InChI is InChI=1S/C14H20N2O3/c1-3-16(8-9-18-2)14(17)13-10-15-11-6-4-5-7-12(11)19-13/h4-7,13,15H,3,8-10H2,1-2H3. The molecule has 19 heavy (non-hydrogen) atoms. The third kappa shape index (κ3) is 3.17. The monoisotopic (exact) mass is 264 g/mol. The van der Waals surface area contributed by atoms with Crippen LogP contribution in [0.3, 0.4) is 0 Å². The number of nitrogens with zero attached hydrogens (tertiary/aromatic N) is 1. The van der Waals surface area contributed by atoms with Gasteiger partial charge in [-0.3, -0.25) is 4.79 Å². The van der Waals surface area contributed by atoms with Crippen molar-refractivity contribution in [1.82, 2.24) is 4.90 Å². The Kier molecular flexibility index (Phi) is 4.63. The molecule has 0 radical (unpaired) electrons. The van der Waals surface area contributed by atoms with E-state index >= 15 is 0 Å². The van der Waals surface area contributed by atoms with Crippen LogP contribution in [0.15, 0.2) is 24.3 Å². The molecule has 1 aliphatic rings. The number of methoxy groups -OCH3 is 1. The molecule has 1 amide bonds. The molecule has 1 aromatic carbocycles. The molecule has 1 N–H and O–H groups in total. The van der Waals surface area contributed by atoms with E-state index in [1.807, 2.05) is 31.2 Å². The van der Waals surface area contributed by atoms with E-state index < -0.39 is 6.10 Å². The zero-order valence-electron chi connectivity index (χ0n) is 11.4. The Balaban J connectivity index is 2.01. The minimum absolute atomic E-state index is 0.00144. The van der Waals surface area contributed by atoms with Crippen molar-refractivity contribution in [3.8, 4) is 5.75 Å². The number of carbonyl (C=O) groups excluding carboxylic acids is 1. The third-order valence-electron chi connectivity index (χ3n) is 3.17. The van der Waals surface area contributed by atoms with Gasteiger partial charge in [-0.2, -0.15) is 0 Å². The summed E-state index contributed by atoms with van der Waals surface area (Å²) in [6.07, 6.45) is -0.466. The largest absolute Gasteiger partial charge is 0.477 e. The predicted molar refractivity (Wildman–Crippen MR) is 73.5 cm³/mol. The average Bonchev–Trinajstić information content (AvgIpc) is 2.47. The lowest BCUT2D eigenvalue weighted by atomic mass is 10.2. The fourth-order valence-corrected chi connectivity index (χ4v) is 2.08. The van der Waals surface area contributed by atoms with E-state index in [9.17, 15) is 4.79 Å². The molecule has 5 nitrogen and oxygen atoms in total. The molecule has 104 valence electrons. The van der Waals surface area contributed by atoms with Gasteiger partial charge in [0.25, 0.3) is 5.91 Å². The lowest BCUT2D eigenvalue weighted by Gasteiger charge is -2.30. The highest BCUT2D eigenvalue weighted by Crippen LogP contribution is 2.28. The minimum atomic E-state index is -0.466. The summed E-state index contributed by atoms with van der Waals surface area (Å²) in [5.74, 6) is 0.733. The Morgan fingerprint density at radius 3 is 3.05 bits per heavy atom. The minimum Gasteiger partial charge on any atom is -0.477 e. The second kappa shape index (κ2) is 6.43. The van der Waals surface area contributed by atoms with Gasteiger partial charge in [0.15, 0.2) is 6.10 Å². The summed E-state index contributed by atoms with van der Waals surface area (Å²) in [6.45, 7) is 4.24. The lowest BCUT2D eigenvalue weighted by Crippen LogP contribution is -2.47. The van der Waals surface area contributed by atoms with Crippen LogP contribution in [0.2, 0.25) is 0 Å². The Labute approximate surface area is 113 Å². The molecule has 2 rings (SSSR count). The fourth-order valence-electron chi connectivity index (χ4n) is 2.08. The van der Waals surface area contributed by atoms with Crippen LogP contribution in [0.1, 0.15) is 6.92 Å². The van der Waals surface area contributed by atoms with E-state index in [0.717, 1.165) is 11.4 Å². The number of ether oxygens (including phenoxy) is 2. The van der Waals surface area contributed by atoms with Gasteiger partial charge in [0, 0.05) is 20.2 Å². The zero-order valence-corrected chi connectivity index (χ0v) is 11.4. The smallest absolute Gasteiger partial charge is 0.265 e. The maximum atomic E-state index is 12.4. The molecule has 0 aromatic heterocycles. The number of hydrogen-bond donors (Lipinski definition) is 1. The quantitative estimate of drug-likeness (QED) is 0.872. The van der Waals surface area contributed by atoms with Crippen molar-refractivity contribution in [2.45, 2.75) is 13.0 Å². The van der Waals surface area contributed by atoms with Crippen LogP contribution in [0, 0.1) is 0 Å². The number of anilines is 1. The van der Waals surface area contributed by atoms with Crippen molar-refractivity contribution < 1.29 is 14.3 Å². The van der Waals surface area contributed by atoms with E-state index in [4.69, 9.17) is 9.47 Å². The first-order chi connectivity index (χ1) is 9.26. The molecular formula is C14H20N2O3. The number of nitrogens with one attached hydrogen (secondary N) is 1. The Bertz CT molecular complexity index is 436. The highest BCUT2D eigenvalue weighted by atomic mass is 16.5. The topological polar surface area (TPSA) is 50.8 Å². The summed E-state index contributed by atoms with van der Waals surface area (Å²) in [4.78, 5) is 14.1. The van der Waals surface area contributed by atoms with E-state index in [1.165, 1.54) is 0 Å². The highest BCUT2D eigenvalue weighted by molar-refractivity contribution is 5.83. The molecule has 0 fully saturated rings. The fraction of sp³-hybridized carbons (Fsp3) is 0.500. The number of hydrogen-bond acceptors (Lipinski definition) is 4. The van der Waals surface area contributed by atoms with Crippen LogP contribution >= 0.6 is 0 Å². The van der Waals surface area contributed by atoms with E-state index in [2.05, 4.69) is 5.32 Å². The van der Waals surface area contributed by atoms with Gasteiger partial charge in [0.05, 0.1) is 18.8 Å². The highest BCUT2D eigenvalue weighted by Gasteiger charge is 2.28. The van der Waals surface area contributed by atoms with Crippen molar-refractivity contribution in [2.75, 3.05) is 38.7 Å². The Hall–Kier alpha value is -1.75. The molecule has 1 aromatic rings. The van der Waals surface area contributed by atoms with Crippen molar-refractivity contribution in [1.29, 1.82) is 0 Å². The molecule has 0 spiro atoms. The lowest BCUT2D eigenvalue weighted by molar-refractivity contribution is -0.138. The van der Waals surface area contributed by atoms with Gasteiger partial charge >= 0.3 is 0 Å². The maximum Gasteiger partial charge on any atom is 0.265 e. The molecule has 1 atom stereocenters. The number of rotatable bonds is 5. The molecule has 1 aliphatic heterocycles. The SMILES string of the molecule is CCN(CCOC)C(=O)C1CNc2ccccc2O1. The molecule has 0 aliphatic carbocycles. The number of likely N-dealkylation sites (N-methyl/N-ethyl adjacent to an activating group) is 1. The van der Waals surface area contributed by atoms with Gasteiger partial charge in [-0.05, 0) is 19.1 Å². The first-order valence-corrected chi connectivity index (χ1v) is 6.53. The molecule has 1 heterocycles. The van der Waals surface area contributed by atoms with Gasteiger partial charge in [0.2, 0.25) is 0 Å². The molecule has 1 unspecified atom stereocenters. The number of para-hydroxylation sites is 2. The van der Waals surface area contributed by atoms with Gasteiger partial charge in [-0.1, -0.05) is 12.1 Å². The maximum absolute atomic E-state index is 12.4. The van der Waals surface area contributed by atoms with Gasteiger partial charge in [-0.15, -0.1) is 0 Å². The number of benzene rings is 1. The zero-order chi connectivity index (χ0) is 13.7. The van der Waals surface area contributed by atoms with Crippen LogP contribution in [0.25, 0.3) is 0 Å². The van der Waals surface area contributed by atoms with Crippen LogP contribution in [-0.2, 0) is 9.53 Å². The van der Waals surface area contributed by atoms with Crippen LogP contribution in [-0.4, -0.2) is 50.3 Å². The van der Waals surface area contributed by atoms with Crippen molar-refractivity contribution >= 4 is 11.6 Å². The first-order valence-electron chi connectivity index (χ1n) is 6.53. The number of amides is 1. The normalized spacial score (nSPS) is 17.1. The second-order valence-electron chi connectivity index (χ2n) is 4.39. The number of fused-ring (bicyclic) bond motifs is 1. The van der Waals surface area contributed by atoms with E-state index in [1.54, 1.807) is 12.0 Å². The summed E-state index contributed by atoms with van der Waals surface area (Å²) in [5, 5.41) is 3.22. The summed E-state index contributed by atoms with van der Waals surface area (Å²) in [5.41, 5.74) is 0.937. The van der Waals surface area contributed by atoms with Crippen LogP contribution < -0.4 is 10.1 Å². The summed E-state index contributed by atoms with van der Waals surface area (Å²) in [7, 11) is 1.63. The van der Waals surface area contributed by atoms with Crippen LogP contribution in [0.4, 0.5) is 5.69 Å². The molecule has 0 bridgehead atoms. The van der Waals surface area contributed by atoms with Gasteiger partial charge < -0.3 is 19.7 Å². The Morgan fingerprint density at radius 2 is 2.32 bits per heavy atom. The molecule has 0 saturated carbocycles. The van der Waals surface area contributed by atoms with Crippen molar-refractivity contribution in [3.63, 3.8) is 0 Å². The van der Waals surface area contributed by atoms with E-state index in [0.29, 0.717) is 26.2 Å². The first kappa shape index (κ1) is 13.7. The van der Waals surface area contributed by atoms with E-state index in [-0.39, 0.29) is 5.91 Å². The van der Waals surface area contributed by atoms with Crippen molar-refractivity contribution in [2.24, 2.45) is 0 Å².